The molecular weight excluding hydrogens is 138 g/mol. The number of halogens is 1. The predicted octanol–water partition coefficient (Wildman–Crippen LogP) is 1.34. The van der Waals surface area contributed by atoms with Crippen molar-refractivity contribution in [2.24, 2.45) is 0 Å². The normalized spacial score (nSPS) is 9.56. The molecule has 9 heavy (non-hydrogen) atoms. The van der Waals surface area contributed by atoms with Gasteiger partial charge < -0.3 is 4.98 Å². The van der Waals surface area contributed by atoms with Crippen molar-refractivity contribution < 1.29 is 0 Å². The van der Waals surface area contributed by atoms with E-state index in [0.717, 1.165) is 5.56 Å². The van der Waals surface area contributed by atoms with Crippen molar-refractivity contribution in [3.63, 3.8) is 0 Å². The van der Waals surface area contributed by atoms with Crippen molar-refractivity contribution >= 4 is 11.6 Å². The smallest absolute Gasteiger partial charge is 0.249 e. The molecule has 1 aromatic rings. The van der Waals surface area contributed by atoms with Crippen LogP contribution in [0.25, 0.3) is 0 Å². The molecule has 0 fully saturated rings. The molecule has 0 spiro atoms. The van der Waals surface area contributed by atoms with Gasteiger partial charge >= 0.3 is 0 Å². The molecule has 0 saturated carbocycles. The lowest BCUT2D eigenvalue weighted by Crippen LogP contribution is -2.03. The number of hydrogen-bond acceptors (Lipinski definition) is 1. The fraction of sp³-hybridized carbons (Fsp3) is 0.167. The van der Waals surface area contributed by atoms with Gasteiger partial charge in [-0.1, -0.05) is 17.7 Å². The summed E-state index contributed by atoms with van der Waals surface area (Å²) in [5, 5.41) is 0.419. The molecule has 0 aliphatic carbocycles. The van der Waals surface area contributed by atoms with Crippen LogP contribution in [0.5, 0.6) is 0 Å². The minimum absolute atomic E-state index is 0.161. The van der Waals surface area contributed by atoms with Crippen molar-refractivity contribution in [3.05, 3.63) is 33.2 Å². The second kappa shape index (κ2) is 2.23. The third kappa shape index (κ3) is 1.33. The Hall–Kier alpha value is -0.760. The van der Waals surface area contributed by atoms with Crippen LogP contribution in [0.2, 0.25) is 5.15 Å². The second-order valence-corrected chi connectivity index (χ2v) is 2.20. The van der Waals surface area contributed by atoms with Crippen LogP contribution in [0, 0.1) is 6.92 Å². The molecular formula is C6H6ClNO. The van der Waals surface area contributed by atoms with Gasteiger partial charge in [0.15, 0.2) is 0 Å². The molecule has 0 bridgehead atoms. The molecule has 0 atom stereocenters. The predicted molar refractivity (Wildman–Crippen MR) is 36.8 cm³/mol. The zero-order valence-corrected chi connectivity index (χ0v) is 5.70. The number of pyridine rings is 1. The van der Waals surface area contributed by atoms with Crippen LogP contribution in [-0.2, 0) is 0 Å². The monoisotopic (exact) mass is 143 g/mol. The third-order valence-corrected chi connectivity index (χ3v) is 1.46. The van der Waals surface area contributed by atoms with E-state index >= 15 is 0 Å². The minimum Gasteiger partial charge on any atom is -0.313 e. The van der Waals surface area contributed by atoms with Crippen molar-refractivity contribution in [3.8, 4) is 0 Å². The molecule has 0 saturated heterocycles. The SMILES string of the molecule is Cc1ccc(=O)[nH]c1Cl. The highest BCUT2D eigenvalue weighted by atomic mass is 35.5. The summed E-state index contributed by atoms with van der Waals surface area (Å²) in [6.07, 6.45) is 0. The van der Waals surface area contributed by atoms with Crippen molar-refractivity contribution in [1.29, 1.82) is 0 Å². The number of H-pyrrole nitrogens is 1. The van der Waals surface area contributed by atoms with Gasteiger partial charge in [-0.3, -0.25) is 4.79 Å². The molecule has 2 nitrogen and oxygen atoms in total. The summed E-state index contributed by atoms with van der Waals surface area (Å²) in [7, 11) is 0. The second-order valence-electron chi connectivity index (χ2n) is 1.82. The summed E-state index contributed by atoms with van der Waals surface area (Å²) in [4.78, 5) is 13.0. The highest BCUT2D eigenvalue weighted by molar-refractivity contribution is 6.30. The number of hydrogen-bond donors (Lipinski definition) is 1. The van der Waals surface area contributed by atoms with Gasteiger partial charge in [0.2, 0.25) is 5.56 Å². The average molecular weight is 144 g/mol. The van der Waals surface area contributed by atoms with Crippen molar-refractivity contribution in [1.82, 2.24) is 4.98 Å². The maximum atomic E-state index is 10.5. The van der Waals surface area contributed by atoms with Crippen LogP contribution >= 0.6 is 11.6 Å². The highest BCUT2D eigenvalue weighted by Gasteiger charge is 1.91. The highest BCUT2D eigenvalue weighted by Crippen LogP contribution is 2.05. The van der Waals surface area contributed by atoms with Gasteiger partial charge in [-0.15, -0.1) is 0 Å². The number of rotatable bonds is 0. The average Bonchev–Trinajstić information content (AvgIpc) is 1.80. The van der Waals surface area contributed by atoms with Crippen molar-refractivity contribution in [2.45, 2.75) is 6.92 Å². The Labute approximate surface area is 57.5 Å². The van der Waals surface area contributed by atoms with E-state index in [1.54, 1.807) is 6.07 Å². The fourth-order valence-corrected chi connectivity index (χ4v) is 0.678. The van der Waals surface area contributed by atoms with Crippen LogP contribution in [-0.4, -0.2) is 4.98 Å². The van der Waals surface area contributed by atoms with Crippen LogP contribution in [0.1, 0.15) is 5.56 Å². The summed E-state index contributed by atoms with van der Waals surface area (Å²) in [6.45, 7) is 1.83. The third-order valence-electron chi connectivity index (χ3n) is 1.06. The fourth-order valence-electron chi connectivity index (χ4n) is 0.522. The topological polar surface area (TPSA) is 32.9 Å². The summed E-state index contributed by atoms with van der Waals surface area (Å²) in [6, 6.07) is 3.13. The van der Waals surface area contributed by atoms with Gasteiger partial charge in [0.25, 0.3) is 0 Å². The molecule has 1 N–H and O–H groups in total. The van der Waals surface area contributed by atoms with Gasteiger partial charge in [0.05, 0.1) is 0 Å². The molecule has 0 aliphatic heterocycles. The summed E-state index contributed by atoms with van der Waals surface area (Å²) in [5.41, 5.74) is 0.724. The number of nitrogens with one attached hydrogen (secondary N) is 1. The lowest BCUT2D eigenvalue weighted by atomic mass is 10.3. The van der Waals surface area contributed by atoms with E-state index in [2.05, 4.69) is 4.98 Å². The molecule has 1 heterocycles. The van der Waals surface area contributed by atoms with Gasteiger partial charge in [-0.05, 0) is 12.5 Å². The largest absolute Gasteiger partial charge is 0.313 e. The molecule has 1 aromatic heterocycles. The van der Waals surface area contributed by atoms with E-state index in [1.165, 1.54) is 6.07 Å². The van der Waals surface area contributed by atoms with E-state index in [1.807, 2.05) is 6.92 Å². The standard InChI is InChI=1S/C6H6ClNO/c1-4-2-3-5(9)8-6(4)7/h2-3H,1H3,(H,8,9). The van der Waals surface area contributed by atoms with Crippen LogP contribution in [0.15, 0.2) is 16.9 Å². The Kier molecular flexibility index (Phi) is 1.58. The first kappa shape index (κ1) is 6.36. The van der Waals surface area contributed by atoms with E-state index in [-0.39, 0.29) is 5.56 Å². The maximum absolute atomic E-state index is 10.5. The van der Waals surface area contributed by atoms with Gasteiger partial charge in [-0.2, -0.15) is 0 Å². The molecule has 0 radical (unpaired) electrons. The van der Waals surface area contributed by atoms with E-state index in [0.29, 0.717) is 5.15 Å². The Morgan fingerprint density at radius 2 is 2.22 bits per heavy atom. The van der Waals surface area contributed by atoms with Crippen molar-refractivity contribution in [2.75, 3.05) is 0 Å². The summed E-state index contributed by atoms with van der Waals surface area (Å²) in [5.74, 6) is 0. The molecule has 0 aliphatic rings. The first-order valence-electron chi connectivity index (χ1n) is 2.55. The number of aromatic nitrogens is 1. The lowest BCUT2D eigenvalue weighted by Gasteiger charge is -1.91. The zero-order valence-electron chi connectivity index (χ0n) is 4.94. The minimum atomic E-state index is -0.161. The van der Waals surface area contributed by atoms with Gasteiger partial charge in [-0.25, -0.2) is 0 Å². The summed E-state index contributed by atoms with van der Waals surface area (Å²) >= 11 is 5.56. The first-order valence-corrected chi connectivity index (χ1v) is 2.93. The molecule has 0 unspecified atom stereocenters. The molecule has 48 valence electrons. The van der Waals surface area contributed by atoms with Crippen LogP contribution in [0.4, 0.5) is 0 Å². The Morgan fingerprint density at radius 3 is 2.67 bits per heavy atom. The van der Waals surface area contributed by atoms with E-state index < -0.39 is 0 Å². The molecule has 0 amide bonds. The zero-order chi connectivity index (χ0) is 6.85. The van der Waals surface area contributed by atoms with Crippen LogP contribution < -0.4 is 5.56 Å². The molecule has 3 heteroatoms. The summed E-state index contributed by atoms with van der Waals surface area (Å²) < 4.78 is 0. The molecule has 1 rings (SSSR count). The maximum Gasteiger partial charge on any atom is 0.249 e. The Morgan fingerprint density at radius 1 is 1.56 bits per heavy atom. The van der Waals surface area contributed by atoms with E-state index in [4.69, 9.17) is 11.6 Å². The first-order chi connectivity index (χ1) is 4.20. The van der Waals surface area contributed by atoms with E-state index in [9.17, 15) is 4.79 Å². The Bertz CT molecular complexity index is 266. The molecule has 0 aromatic carbocycles. The van der Waals surface area contributed by atoms with Gasteiger partial charge in [0, 0.05) is 6.07 Å². The van der Waals surface area contributed by atoms with Gasteiger partial charge in [0.1, 0.15) is 5.15 Å². The lowest BCUT2D eigenvalue weighted by molar-refractivity contribution is 1.20. The van der Waals surface area contributed by atoms with Crippen LogP contribution in [0.3, 0.4) is 0 Å². The number of aromatic amines is 1. The Balaban J connectivity index is 3.34. The quantitative estimate of drug-likeness (QED) is 0.547. The number of aryl methyl sites for hydroxylation is 1.